The zero-order valence-electron chi connectivity index (χ0n) is 13.8. The molecule has 6 nitrogen and oxygen atoms in total. The average molecular weight is 377 g/mol. The van der Waals surface area contributed by atoms with Gasteiger partial charge in [0, 0.05) is 30.3 Å². The summed E-state index contributed by atoms with van der Waals surface area (Å²) in [5.41, 5.74) is 0.872. The van der Waals surface area contributed by atoms with Gasteiger partial charge in [0.25, 0.3) is 0 Å². The van der Waals surface area contributed by atoms with Gasteiger partial charge < -0.3 is 9.64 Å². The fourth-order valence-electron chi connectivity index (χ4n) is 2.82. The zero-order valence-corrected chi connectivity index (χ0v) is 15.5. The summed E-state index contributed by atoms with van der Waals surface area (Å²) < 4.78 is 7.14. The van der Waals surface area contributed by atoms with Crippen molar-refractivity contribution in [2.24, 2.45) is 0 Å². The van der Waals surface area contributed by atoms with Crippen molar-refractivity contribution in [3.63, 3.8) is 0 Å². The number of likely N-dealkylation sites (tertiary alicyclic amines) is 1. The molecule has 0 radical (unpaired) electrons. The van der Waals surface area contributed by atoms with Crippen molar-refractivity contribution in [2.45, 2.75) is 24.6 Å². The number of amides is 1. The highest BCUT2D eigenvalue weighted by Crippen LogP contribution is 2.30. The SMILES string of the molecule is C=CCOC(=O)N1C[C@@H](SC(C)=O)C[C@H]1C=Cc1ncn2ccsc12. The van der Waals surface area contributed by atoms with Crippen LogP contribution in [-0.4, -0.2) is 49.9 Å². The Morgan fingerprint density at radius 3 is 3.16 bits per heavy atom. The molecule has 0 saturated carbocycles. The number of thiazole rings is 1. The van der Waals surface area contributed by atoms with Crippen LogP contribution in [0.25, 0.3) is 10.9 Å². The van der Waals surface area contributed by atoms with Gasteiger partial charge in [-0.05, 0) is 12.5 Å². The van der Waals surface area contributed by atoms with Crippen molar-refractivity contribution in [1.82, 2.24) is 14.3 Å². The number of carbonyl (C=O) groups is 2. The van der Waals surface area contributed by atoms with Crippen molar-refractivity contribution in [3.8, 4) is 0 Å². The first-order valence-electron chi connectivity index (χ1n) is 7.88. The van der Waals surface area contributed by atoms with Gasteiger partial charge in [-0.1, -0.05) is 30.5 Å². The monoisotopic (exact) mass is 377 g/mol. The standard InChI is InChI=1S/C17H19N3O3S2/c1-3-7-23-17(22)20-10-14(25-12(2)21)9-13(20)4-5-15-16-19(11-18-15)6-8-24-16/h3-6,8,11,13-14H,1,7,9-10H2,2H3/t13-,14+/m1/s1. The maximum absolute atomic E-state index is 12.3. The minimum Gasteiger partial charge on any atom is -0.445 e. The van der Waals surface area contributed by atoms with Gasteiger partial charge >= 0.3 is 6.09 Å². The Labute approximate surface area is 154 Å². The summed E-state index contributed by atoms with van der Waals surface area (Å²) in [6.45, 7) is 5.77. The molecule has 2 aromatic heterocycles. The second-order valence-electron chi connectivity index (χ2n) is 5.66. The van der Waals surface area contributed by atoms with Crippen molar-refractivity contribution in [2.75, 3.05) is 13.2 Å². The Bertz CT molecular complexity index is 811. The summed E-state index contributed by atoms with van der Waals surface area (Å²) in [4.78, 5) is 30.8. The molecule has 0 aromatic carbocycles. The topological polar surface area (TPSA) is 63.9 Å². The van der Waals surface area contributed by atoms with Crippen molar-refractivity contribution in [3.05, 3.63) is 42.3 Å². The van der Waals surface area contributed by atoms with E-state index >= 15 is 0 Å². The fraction of sp³-hybridized carbons (Fsp3) is 0.353. The van der Waals surface area contributed by atoms with Crippen molar-refractivity contribution >= 4 is 45.2 Å². The number of carbonyl (C=O) groups excluding carboxylic acids is 2. The largest absolute Gasteiger partial charge is 0.445 e. The molecule has 0 unspecified atom stereocenters. The molecule has 1 aliphatic rings. The number of imidazole rings is 1. The third kappa shape index (κ3) is 4.13. The Hall–Kier alpha value is -2.06. The lowest BCUT2D eigenvalue weighted by molar-refractivity contribution is -0.109. The number of hydrogen-bond acceptors (Lipinski definition) is 6. The van der Waals surface area contributed by atoms with Gasteiger partial charge in [0.15, 0.2) is 5.12 Å². The number of rotatable bonds is 5. The number of thioether (sulfide) groups is 1. The number of nitrogens with zero attached hydrogens (tertiary/aromatic N) is 3. The van der Waals surface area contributed by atoms with Gasteiger partial charge in [-0.2, -0.15) is 0 Å². The van der Waals surface area contributed by atoms with Crippen LogP contribution in [0.2, 0.25) is 0 Å². The van der Waals surface area contributed by atoms with Gasteiger partial charge in [0.2, 0.25) is 0 Å². The summed E-state index contributed by atoms with van der Waals surface area (Å²) >= 11 is 2.89. The number of aromatic nitrogens is 2. The van der Waals surface area contributed by atoms with Crippen LogP contribution in [0.3, 0.4) is 0 Å². The summed E-state index contributed by atoms with van der Waals surface area (Å²) in [7, 11) is 0. The summed E-state index contributed by atoms with van der Waals surface area (Å²) in [5, 5.41) is 2.14. The molecule has 1 amide bonds. The molecule has 1 aliphatic heterocycles. The fourth-order valence-corrected chi connectivity index (χ4v) is 4.61. The molecular weight excluding hydrogens is 358 g/mol. The van der Waals surface area contributed by atoms with E-state index in [1.807, 2.05) is 28.1 Å². The Kier molecular flexibility index (Phi) is 5.60. The molecule has 132 valence electrons. The third-order valence-electron chi connectivity index (χ3n) is 3.85. The number of ether oxygens (including phenoxy) is 1. The first-order valence-corrected chi connectivity index (χ1v) is 9.64. The lowest BCUT2D eigenvalue weighted by Gasteiger charge is -2.21. The molecular formula is C17H19N3O3S2. The van der Waals surface area contributed by atoms with Crippen LogP contribution in [0.4, 0.5) is 4.79 Å². The normalized spacial score (nSPS) is 20.4. The van der Waals surface area contributed by atoms with E-state index in [1.165, 1.54) is 11.8 Å². The minimum atomic E-state index is -0.382. The molecule has 2 aromatic rings. The molecule has 0 N–H and O–H groups in total. The highest BCUT2D eigenvalue weighted by Gasteiger charge is 2.35. The van der Waals surface area contributed by atoms with Gasteiger partial charge in [-0.15, -0.1) is 11.3 Å². The van der Waals surface area contributed by atoms with E-state index in [0.717, 1.165) is 10.5 Å². The Balaban J connectivity index is 1.76. The van der Waals surface area contributed by atoms with Crippen LogP contribution < -0.4 is 0 Å². The van der Waals surface area contributed by atoms with Gasteiger partial charge in [-0.3, -0.25) is 9.20 Å². The van der Waals surface area contributed by atoms with Gasteiger partial charge in [-0.25, -0.2) is 9.78 Å². The maximum atomic E-state index is 12.3. The molecule has 3 heterocycles. The minimum absolute atomic E-state index is 0.0587. The van der Waals surface area contributed by atoms with E-state index in [1.54, 1.807) is 35.6 Å². The van der Waals surface area contributed by atoms with Crippen molar-refractivity contribution in [1.29, 1.82) is 0 Å². The lowest BCUT2D eigenvalue weighted by atomic mass is 10.2. The van der Waals surface area contributed by atoms with Crippen LogP contribution >= 0.6 is 23.1 Å². The van der Waals surface area contributed by atoms with Crippen LogP contribution in [0.15, 0.2) is 36.6 Å². The van der Waals surface area contributed by atoms with E-state index < -0.39 is 0 Å². The summed E-state index contributed by atoms with van der Waals surface area (Å²) in [5.74, 6) is 0. The van der Waals surface area contributed by atoms with Crippen LogP contribution in [-0.2, 0) is 9.53 Å². The highest BCUT2D eigenvalue weighted by atomic mass is 32.2. The van der Waals surface area contributed by atoms with Crippen molar-refractivity contribution < 1.29 is 14.3 Å². The molecule has 0 aliphatic carbocycles. The third-order valence-corrected chi connectivity index (χ3v) is 5.76. The Morgan fingerprint density at radius 2 is 2.40 bits per heavy atom. The maximum Gasteiger partial charge on any atom is 0.410 e. The molecule has 0 spiro atoms. The second kappa shape index (κ2) is 7.88. The van der Waals surface area contributed by atoms with Gasteiger partial charge in [0.05, 0.1) is 11.7 Å². The lowest BCUT2D eigenvalue weighted by Crippen LogP contribution is -2.35. The first kappa shape index (κ1) is 17.8. The van der Waals surface area contributed by atoms with E-state index in [2.05, 4.69) is 11.6 Å². The summed E-state index contributed by atoms with van der Waals surface area (Å²) in [6.07, 6.45) is 9.50. The molecule has 2 atom stereocenters. The molecule has 25 heavy (non-hydrogen) atoms. The predicted octanol–water partition coefficient (Wildman–Crippen LogP) is 3.45. The zero-order chi connectivity index (χ0) is 17.8. The average Bonchev–Trinajstić information content (AvgIpc) is 3.26. The molecule has 1 saturated heterocycles. The molecule has 0 bridgehead atoms. The number of hydrogen-bond donors (Lipinski definition) is 0. The van der Waals surface area contributed by atoms with E-state index in [4.69, 9.17) is 4.74 Å². The Morgan fingerprint density at radius 1 is 1.56 bits per heavy atom. The second-order valence-corrected chi connectivity index (χ2v) is 8.03. The predicted molar refractivity (Wildman–Crippen MR) is 101 cm³/mol. The molecule has 3 rings (SSSR count). The van der Waals surface area contributed by atoms with E-state index in [0.29, 0.717) is 13.0 Å². The van der Waals surface area contributed by atoms with Crippen LogP contribution in [0.5, 0.6) is 0 Å². The van der Waals surface area contributed by atoms with Gasteiger partial charge in [0.1, 0.15) is 17.8 Å². The molecule has 8 heteroatoms. The quantitative estimate of drug-likeness (QED) is 0.747. The highest BCUT2D eigenvalue weighted by molar-refractivity contribution is 8.14. The van der Waals surface area contributed by atoms with Crippen LogP contribution in [0.1, 0.15) is 19.0 Å². The van der Waals surface area contributed by atoms with E-state index in [9.17, 15) is 9.59 Å². The first-order chi connectivity index (χ1) is 12.1. The van der Waals surface area contributed by atoms with E-state index in [-0.39, 0.29) is 29.1 Å². The smallest absolute Gasteiger partial charge is 0.410 e. The molecule has 1 fully saturated rings. The number of fused-ring (bicyclic) bond motifs is 1. The summed E-state index contributed by atoms with van der Waals surface area (Å²) in [6, 6.07) is -0.120. The van der Waals surface area contributed by atoms with Crippen LogP contribution in [0, 0.1) is 0 Å².